The van der Waals surface area contributed by atoms with Gasteiger partial charge in [-0.2, -0.15) is 18.0 Å². The lowest BCUT2D eigenvalue weighted by Crippen LogP contribution is -2.32. The average Bonchev–Trinajstić information content (AvgIpc) is 2.57. The van der Waals surface area contributed by atoms with E-state index >= 15 is 0 Å². The van der Waals surface area contributed by atoms with E-state index in [1.54, 1.807) is 36.5 Å². The van der Waals surface area contributed by atoms with Gasteiger partial charge >= 0.3 is 0 Å². The molecule has 0 saturated heterocycles. The number of fused-ring (bicyclic) bond motifs is 1. The van der Waals surface area contributed by atoms with Crippen molar-refractivity contribution in [1.29, 1.82) is 5.26 Å². The van der Waals surface area contributed by atoms with Gasteiger partial charge in [0.2, 0.25) is 0 Å². The van der Waals surface area contributed by atoms with Crippen molar-refractivity contribution in [3.05, 3.63) is 59.7 Å². The van der Waals surface area contributed by atoms with Gasteiger partial charge in [-0.25, -0.2) is 0 Å². The molecule has 0 bridgehead atoms. The van der Waals surface area contributed by atoms with Crippen molar-refractivity contribution < 1.29 is 13.2 Å². The number of amides is 1. The third-order valence-electron chi connectivity index (χ3n) is 3.62. The summed E-state index contributed by atoms with van der Waals surface area (Å²) >= 11 is 0. The van der Waals surface area contributed by atoms with Crippen LogP contribution in [0.1, 0.15) is 15.9 Å². The zero-order chi connectivity index (χ0) is 16.4. The van der Waals surface area contributed by atoms with Crippen LogP contribution in [0.3, 0.4) is 0 Å². The molecule has 1 heterocycles. The van der Waals surface area contributed by atoms with Crippen LogP contribution in [0.25, 0.3) is 0 Å². The van der Waals surface area contributed by atoms with Gasteiger partial charge in [-0.3, -0.25) is 4.79 Å². The van der Waals surface area contributed by atoms with E-state index in [-0.39, 0.29) is 16.5 Å². The summed E-state index contributed by atoms with van der Waals surface area (Å²) in [4.78, 5) is 11.9. The van der Waals surface area contributed by atoms with E-state index in [0.717, 1.165) is 5.56 Å². The molecule has 6 nitrogen and oxygen atoms in total. The van der Waals surface area contributed by atoms with E-state index in [0.29, 0.717) is 22.8 Å². The van der Waals surface area contributed by atoms with E-state index in [1.165, 1.54) is 18.2 Å². The number of hydrogen-bond acceptors (Lipinski definition) is 4. The molecule has 1 aliphatic rings. The monoisotopic (exact) mass is 327 g/mol. The first-order valence-electron chi connectivity index (χ1n) is 6.95. The van der Waals surface area contributed by atoms with Gasteiger partial charge in [0.25, 0.3) is 15.9 Å². The van der Waals surface area contributed by atoms with Crippen molar-refractivity contribution >= 4 is 21.6 Å². The van der Waals surface area contributed by atoms with Crippen molar-refractivity contribution in [3.8, 4) is 6.19 Å². The molecular formula is C16H13N3O3S. The van der Waals surface area contributed by atoms with E-state index in [2.05, 4.69) is 5.32 Å². The Kier molecular flexibility index (Phi) is 3.76. The van der Waals surface area contributed by atoms with Crippen molar-refractivity contribution in [2.75, 3.05) is 10.8 Å². The minimum Gasteiger partial charge on any atom is -0.352 e. The van der Waals surface area contributed by atoms with Crippen LogP contribution in [-0.2, 0) is 16.4 Å². The third kappa shape index (κ3) is 2.64. The second kappa shape index (κ2) is 5.74. The fourth-order valence-corrected chi connectivity index (χ4v) is 3.68. The number of benzene rings is 2. The van der Waals surface area contributed by atoms with E-state index in [1.807, 2.05) is 0 Å². The molecule has 0 aliphatic carbocycles. The lowest BCUT2D eigenvalue weighted by Gasteiger charge is -2.20. The minimum atomic E-state index is -4.01. The van der Waals surface area contributed by atoms with Crippen LogP contribution in [0.4, 0.5) is 5.69 Å². The Labute approximate surface area is 134 Å². The minimum absolute atomic E-state index is 0.0173. The lowest BCUT2D eigenvalue weighted by molar-refractivity contribution is 0.0946. The lowest BCUT2D eigenvalue weighted by atomic mass is 10.00. The van der Waals surface area contributed by atoms with Crippen LogP contribution in [0.5, 0.6) is 0 Å². The predicted molar refractivity (Wildman–Crippen MR) is 84.2 cm³/mol. The number of nitrogens with zero attached hydrogens (tertiary/aromatic N) is 2. The Morgan fingerprint density at radius 3 is 2.57 bits per heavy atom. The molecule has 0 saturated carbocycles. The highest BCUT2D eigenvalue weighted by molar-refractivity contribution is 7.93. The fourth-order valence-electron chi connectivity index (χ4n) is 2.47. The molecular weight excluding hydrogens is 314 g/mol. The van der Waals surface area contributed by atoms with Crippen molar-refractivity contribution in [2.45, 2.75) is 11.3 Å². The Balaban J connectivity index is 2.08. The quantitative estimate of drug-likeness (QED) is 0.685. The molecule has 0 fully saturated rings. The van der Waals surface area contributed by atoms with Gasteiger partial charge in [0.15, 0.2) is 6.19 Å². The van der Waals surface area contributed by atoms with E-state index < -0.39 is 10.0 Å². The number of nitriles is 1. The smallest absolute Gasteiger partial charge is 0.276 e. The van der Waals surface area contributed by atoms with Crippen LogP contribution in [0.2, 0.25) is 0 Å². The predicted octanol–water partition coefficient (Wildman–Crippen LogP) is 1.65. The number of hydrogen-bond donors (Lipinski definition) is 1. The van der Waals surface area contributed by atoms with Crippen LogP contribution >= 0.6 is 0 Å². The van der Waals surface area contributed by atoms with Gasteiger partial charge in [-0.1, -0.05) is 24.3 Å². The van der Waals surface area contributed by atoms with Crippen LogP contribution in [0, 0.1) is 11.5 Å². The molecule has 0 atom stereocenters. The fraction of sp³-hybridized carbons (Fsp3) is 0.125. The van der Waals surface area contributed by atoms with Gasteiger partial charge < -0.3 is 5.32 Å². The number of rotatable bonds is 3. The topological polar surface area (TPSA) is 90.3 Å². The summed E-state index contributed by atoms with van der Waals surface area (Å²) in [6.07, 6.45) is 2.37. The summed E-state index contributed by atoms with van der Waals surface area (Å²) in [5, 5.41) is 12.0. The molecule has 1 aliphatic heterocycles. The highest BCUT2D eigenvalue weighted by Gasteiger charge is 2.27. The first kappa shape index (κ1) is 15.1. The van der Waals surface area contributed by atoms with E-state index in [4.69, 9.17) is 0 Å². The first-order chi connectivity index (χ1) is 11.0. The zero-order valence-electron chi connectivity index (χ0n) is 12.1. The molecule has 2 aromatic carbocycles. The Morgan fingerprint density at radius 2 is 1.87 bits per heavy atom. The van der Waals surface area contributed by atoms with Crippen LogP contribution < -0.4 is 9.62 Å². The van der Waals surface area contributed by atoms with Gasteiger partial charge in [0.05, 0.1) is 10.6 Å². The second-order valence-corrected chi connectivity index (χ2v) is 6.82. The number of anilines is 1. The summed E-state index contributed by atoms with van der Waals surface area (Å²) in [5.41, 5.74) is 1.39. The zero-order valence-corrected chi connectivity index (χ0v) is 12.9. The van der Waals surface area contributed by atoms with Gasteiger partial charge in [0.1, 0.15) is 0 Å². The Bertz CT molecular complexity index is 902. The summed E-state index contributed by atoms with van der Waals surface area (Å²) in [6, 6.07) is 12.4. The maximum atomic E-state index is 12.6. The molecule has 23 heavy (non-hydrogen) atoms. The number of carbonyl (C=O) groups is 1. The summed E-state index contributed by atoms with van der Waals surface area (Å²) < 4.78 is 25.9. The summed E-state index contributed by atoms with van der Waals surface area (Å²) in [6.45, 7) is 0.551. The molecule has 3 rings (SSSR count). The highest BCUT2D eigenvalue weighted by Crippen LogP contribution is 2.26. The van der Waals surface area contributed by atoms with Gasteiger partial charge in [-0.15, -0.1) is 0 Å². The molecule has 7 heteroatoms. The normalized spacial score (nSPS) is 13.6. The SMILES string of the molecule is N#CN(c1ccc2c(c1)C(=O)NCC2)S(=O)(=O)c1ccccc1. The molecule has 0 radical (unpaired) electrons. The summed E-state index contributed by atoms with van der Waals surface area (Å²) in [7, 11) is -4.01. The molecule has 1 amide bonds. The summed E-state index contributed by atoms with van der Waals surface area (Å²) in [5.74, 6) is -0.261. The average molecular weight is 327 g/mol. The number of carbonyl (C=O) groups excluding carboxylic acids is 1. The molecule has 1 N–H and O–H groups in total. The Hall–Kier alpha value is -2.85. The van der Waals surface area contributed by atoms with Gasteiger partial charge in [-0.05, 0) is 36.2 Å². The largest absolute Gasteiger partial charge is 0.352 e. The molecule has 116 valence electrons. The number of nitrogens with one attached hydrogen (secondary N) is 1. The number of sulfonamides is 1. The standard InChI is InChI=1S/C16H13N3O3S/c17-11-19(23(21,22)14-4-2-1-3-5-14)13-7-6-12-8-9-18-16(20)15(12)10-13/h1-7,10H,8-9H2,(H,18,20). The van der Waals surface area contributed by atoms with Crippen LogP contribution in [0.15, 0.2) is 53.4 Å². The van der Waals surface area contributed by atoms with Gasteiger partial charge in [0, 0.05) is 12.1 Å². The van der Waals surface area contributed by atoms with Crippen molar-refractivity contribution in [1.82, 2.24) is 5.32 Å². The molecule has 0 aromatic heterocycles. The first-order valence-corrected chi connectivity index (χ1v) is 8.39. The van der Waals surface area contributed by atoms with Crippen molar-refractivity contribution in [3.63, 3.8) is 0 Å². The van der Waals surface area contributed by atoms with Crippen LogP contribution in [-0.4, -0.2) is 20.9 Å². The second-order valence-electron chi connectivity index (χ2n) is 5.03. The van der Waals surface area contributed by atoms with E-state index in [9.17, 15) is 18.5 Å². The maximum absolute atomic E-state index is 12.6. The highest BCUT2D eigenvalue weighted by atomic mass is 32.2. The van der Waals surface area contributed by atoms with Crippen molar-refractivity contribution in [2.24, 2.45) is 0 Å². The Morgan fingerprint density at radius 1 is 1.13 bits per heavy atom. The molecule has 0 unspecified atom stereocenters. The maximum Gasteiger partial charge on any atom is 0.276 e. The molecule has 0 spiro atoms. The molecule has 2 aromatic rings. The third-order valence-corrected chi connectivity index (χ3v) is 5.27.